The fourth-order valence-corrected chi connectivity index (χ4v) is 4.93. The average Bonchev–Trinajstić information content (AvgIpc) is 2.85. The molecule has 4 aromatic rings. The normalized spacial score (nSPS) is 11.7. The molecular weight excluding hydrogens is 438 g/mol. The maximum absolute atomic E-state index is 14.0. The van der Waals surface area contributed by atoms with Gasteiger partial charge in [-0.25, -0.2) is 17.7 Å². The van der Waals surface area contributed by atoms with Gasteiger partial charge in [0.05, 0.1) is 16.3 Å². The van der Waals surface area contributed by atoms with Crippen LogP contribution in [0.4, 0.5) is 17.1 Å². The van der Waals surface area contributed by atoms with Crippen molar-refractivity contribution in [2.45, 2.75) is 4.90 Å². The van der Waals surface area contributed by atoms with Gasteiger partial charge in [-0.3, -0.25) is 10.1 Å². The second kappa shape index (κ2) is 9.46. The third-order valence-corrected chi connectivity index (χ3v) is 6.55. The van der Waals surface area contributed by atoms with E-state index in [1.807, 2.05) is 12.1 Å². The van der Waals surface area contributed by atoms with Crippen LogP contribution in [-0.4, -0.2) is 19.2 Å². The molecule has 0 saturated carbocycles. The van der Waals surface area contributed by atoms with Crippen LogP contribution >= 0.6 is 0 Å². The van der Waals surface area contributed by atoms with E-state index in [1.165, 1.54) is 24.3 Å². The zero-order chi connectivity index (χ0) is 23.3. The highest BCUT2D eigenvalue weighted by Gasteiger charge is 2.35. The lowest BCUT2D eigenvalue weighted by atomic mass is 10.2. The Morgan fingerprint density at radius 1 is 0.727 bits per heavy atom. The van der Waals surface area contributed by atoms with Crippen LogP contribution in [-0.2, 0) is 10.0 Å². The Morgan fingerprint density at radius 3 is 1.85 bits per heavy atom. The Hall–Kier alpha value is -4.30. The van der Waals surface area contributed by atoms with E-state index >= 15 is 0 Å². The van der Waals surface area contributed by atoms with Gasteiger partial charge in [0.2, 0.25) is 0 Å². The minimum atomic E-state index is -4.44. The van der Waals surface area contributed by atoms with Gasteiger partial charge < -0.3 is 0 Å². The highest BCUT2D eigenvalue weighted by atomic mass is 32.2. The zero-order valence-electron chi connectivity index (χ0n) is 17.4. The first-order chi connectivity index (χ1) is 16.0. The Labute approximate surface area is 191 Å². The zero-order valence-corrected chi connectivity index (χ0v) is 18.2. The van der Waals surface area contributed by atoms with Crippen LogP contribution in [0.5, 0.6) is 0 Å². The van der Waals surface area contributed by atoms with Crippen molar-refractivity contribution in [2.75, 3.05) is 4.31 Å². The standard InChI is InChI=1S/C25H19N3O4S/c29-28(30)23-18-10-11-19-24(23)33(31,32)27(22-16-8-3-9-17-22)25(20-12-4-1-5-13-20)26-21-14-6-2-7-15-21/h1-19H. The van der Waals surface area contributed by atoms with Gasteiger partial charge in [-0.1, -0.05) is 78.9 Å². The smallest absolute Gasteiger partial charge is 0.258 e. The Bertz CT molecular complexity index is 1390. The molecule has 0 spiro atoms. The lowest BCUT2D eigenvalue weighted by Gasteiger charge is -2.26. The van der Waals surface area contributed by atoms with Crippen molar-refractivity contribution < 1.29 is 13.3 Å². The molecule has 0 saturated heterocycles. The molecule has 0 N–H and O–H groups in total. The molecule has 0 amide bonds. The monoisotopic (exact) mass is 457 g/mol. The Morgan fingerprint density at radius 2 is 1.24 bits per heavy atom. The van der Waals surface area contributed by atoms with Crippen LogP contribution in [0.15, 0.2) is 125 Å². The molecule has 0 aromatic heterocycles. The first-order valence-electron chi connectivity index (χ1n) is 10.0. The minimum Gasteiger partial charge on any atom is -0.258 e. The molecule has 8 heteroatoms. The summed E-state index contributed by atoms with van der Waals surface area (Å²) in [5.74, 6) is 0.117. The number of sulfonamides is 1. The maximum Gasteiger partial charge on any atom is 0.289 e. The largest absolute Gasteiger partial charge is 0.289 e. The average molecular weight is 458 g/mol. The SMILES string of the molecule is O=[N+]([O-])c1ccccc1S(=O)(=O)N(C(=Nc1ccccc1)c1ccccc1)c1ccccc1. The van der Waals surface area contributed by atoms with Crippen molar-refractivity contribution in [1.29, 1.82) is 0 Å². The van der Waals surface area contributed by atoms with Gasteiger partial charge in [0.15, 0.2) is 10.7 Å². The van der Waals surface area contributed by atoms with E-state index in [9.17, 15) is 18.5 Å². The van der Waals surface area contributed by atoms with Crippen molar-refractivity contribution in [3.05, 3.63) is 131 Å². The van der Waals surface area contributed by atoms with Gasteiger partial charge in [0.1, 0.15) is 0 Å². The molecule has 33 heavy (non-hydrogen) atoms. The molecular formula is C25H19N3O4S. The van der Waals surface area contributed by atoms with Gasteiger partial charge >= 0.3 is 0 Å². The number of hydrogen-bond acceptors (Lipinski definition) is 5. The highest BCUT2D eigenvalue weighted by Crippen LogP contribution is 2.32. The fourth-order valence-electron chi connectivity index (χ4n) is 3.30. The molecule has 0 heterocycles. The molecule has 0 bridgehead atoms. The fraction of sp³-hybridized carbons (Fsp3) is 0. The van der Waals surface area contributed by atoms with Crippen LogP contribution in [0.1, 0.15) is 5.56 Å². The van der Waals surface area contributed by atoms with E-state index in [2.05, 4.69) is 4.99 Å². The summed E-state index contributed by atoms with van der Waals surface area (Å²) >= 11 is 0. The number of rotatable bonds is 6. The highest BCUT2D eigenvalue weighted by molar-refractivity contribution is 7.93. The molecule has 0 atom stereocenters. The molecule has 164 valence electrons. The predicted molar refractivity (Wildman–Crippen MR) is 128 cm³/mol. The molecule has 4 rings (SSSR count). The number of nitro groups is 1. The summed E-state index contributed by atoms with van der Waals surface area (Å²) in [5, 5.41) is 11.7. The van der Waals surface area contributed by atoms with Crippen LogP contribution in [0.25, 0.3) is 0 Å². The lowest BCUT2D eigenvalue weighted by Crippen LogP contribution is -2.38. The number of benzene rings is 4. The topological polar surface area (TPSA) is 92.9 Å². The van der Waals surface area contributed by atoms with E-state index in [-0.39, 0.29) is 5.84 Å². The lowest BCUT2D eigenvalue weighted by molar-refractivity contribution is -0.387. The van der Waals surface area contributed by atoms with Crippen molar-refractivity contribution in [1.82, 2.24) is 0 Å². The minimum absolute atomic E-state index is 0.117. The molecule has 7 nitrogen and oxygen atoms in total. The quantitative estimate of drug-likeness (QED) is 0.164. The third-order valence-electron chi connectivity index (χ3n) is 4.79. The molecule has 0 aliphatic rings. The van der Waals surface area contributed by atoms with E-state index in [4.69, 9.17) is 0 Å². The van der Waals surface area contributed by atoms with Gasteiger partial charge in [0.25, 0.3) is 15.7 Å². The maximum atomic E-state index is 14.0. The Balaban J connectivity index is 2.03. The number of amidine groups is 1. The summed E-state index contributed by atoms with van der Waals surface area (Å²) in [5.41, 5.74) is 0.863. The first-order valence-corrected chi connectivity index (χ1v) is 11.5. The summed E-state index contributed by atoms with van der Waals surface area (Å²) in [6, 6.07) is 31.5. The number of nitrogens with zero attached hydrogens (tertiary/aromatic N) is 3. The molecule has 0 aliphatic heterocycles. The second-order valence-electron chi connectivity index (χ2n) is 6.97. The summed E-state index contributed by atoms with van der Waals surface area (Å²) in [6.45, 7) is 0. The van der Waals surface area contributed by atoms with Gasteiger partial charge in [-0.15, -0.1) is 0 Å². The van der Waals surface area contributed by atoms with E-state index < -0.39 is 25.5 Å². The predicted octanol–water partition coefficient (Wildman–Crippen LogP) is 5.57. The van der Waals surface area contributed by atoms with Gasteiger partial charge in [-0.05, 0) is 30.3 Å². The Kier molecular flexibility index (Phi) is 6.28. The molecule has 0 unspecified atom stereocenters. The summed E-state index contributed by atoms with van der Waals surface area (Å²) in [6.07, 6.45) is 0. The van der Waals surface area contributed by atoms with Crippen LogP contribution < -0.4 is 4.31 Å². The van der Waals surface area contributed by atoms with Crippen LogP contribution in [0.2, 0.25) is 0 Å². The van der Waals surface area contributed by atoms with Crippen LogP contribution in [0.3, 0.4) is 0 Å². The summed E-state index contributed by atoms with van der Waals surface area (Å²) in [4.78, 5) is 15.2. The van der Waals surface area contributed by atoms with Crippen molar-refractivity contribution in [2.24, 2.45) is 4.99 Å². The summed E-state index contributed by atoms with van der Waals surface area (Å²) in [7, 11) is -4.44. The second-order valence-corrected chi connectivity index (χ2v) is 8.72. The van der Waals surface area contributed by atoms with E-state index in [0.717, 1.165) is 4.31 Å². The molecule has 0 aliphatic carbocycles. The number of hydrogen-bond donors (Lipinski definition) is 0. The third kappa shape index (κ3) is 4.65. The number of aliphatic imine (C=N–C) groups is 1. The van der Waals surface area contributed by atoms with Crippen molar-refractivity contribution >= 4 is 32.9 Å². The van der Waals surface area contributed by atoms with E-state index in [1.54, 1.807) is 78.9 Å². The number of para-hydroxylation sites is 3. The van der Waals surface area contributed by atoms with Crippen LogP contribution in [0, 0.1) is 10.1 Å². The summed E-state index contributed by atoms with van der Waals surface area (Å²) < 4.78 is 29.1. The molecule has 4 aromatic carbocycles. The number of anilines is 1. The van der Waals surface area contributed by atoms with Gasteiger partial charge in [0, 0.05) is 11.6 Å². The molecule has 0 radical (unpaired) electrons. The number of nitro benzene ring substituents is 1. The first kappa shape index (κ1) is 21.9. The van der Waals surface area contributed by atoms with Crippen molar-refractivity contribution in [3.8, 4) is 0 Å². The van der Waals surface area contributed by atoms with Gasteiger partial charge in [-0.2, -0.15) is 0 Å². The van der Waals surface area contributed by atoms with E-state index in [0.29, 0.717) is 16.9 Å². The van der Waals surface area contributed by atoms with Crippen molar-refractivity contribution in [3.63, 3.8) is 0 Å². The molecule has 0 fully saturated rings.